The summed E-state index contributed by atoms with van der Waals surface area (Å²) in [6, 6.07) is 5.12. The van der Waals surface area contributed by atoms with Gasteiger partial charge in [0.2, 0.25) is 0 Å². The van der Waals surface area contributed by atoms with Crippen LogP contribution >= 0.6 is 24.0 Å². The zero-order valence-electron chi connectivity index (χ0n) is 15.7. The van der Waals surface area contributed by atoms with E-state index in [1.54, 1.807) is 19.2 Å². The van der Waals surface area contributed by atoms with Crippen LogP contribution in [-0.2, 0) is 13.1 Å². The molecule has 0 atom stereocenters. The van der Waals surface area contributed by atoms with Crippen molar-refractivity contribution in [3.8, 4) is 5.75 Å². The molecule has 2 aromatic rings. The normalized spacial score (nSPS) is 11.3. The van der Waals surface area contributed by atoms with E-state index in [2.05, 4.69) is 25.5 Å². The Hall–Kier alpha value is -1.91. The maximum absolute atomic E-state index is 12.5. The van der Waals surface area contributed by atoms with E-state index in [1.807, 2.05) is 37.0 Å². The molecule has 1 heterocycles. The number of rotatable bonds is 8. The lowest BCUT2D eigenvalue weighted by Crippen LogP contribution is -2.37. The van der Waals surface area contributed by atoms with Crippen molar-refractivity contribution in [2.75, 3.05) is 13.6 Å². The fourth-order valence-corrected chi connectivity index (χ4v) is 2.49. The van der Waals surface area contributed by atoms with Gasteiger partial charge in [-0.15, -0.1) is 24.0 Å². The van der Waals surface area contributed by atoms with Crippen molar-refractivity contribution in [3.05, 3.63) is 47.3 Å². The second-order valence-corrected chi connectivity index (χ2v) is 5.98. The second-order valence-electron chi connectivity index (χ2n) is 5.98. The highest BCUT2D eigenvalue weighted by Gasteiger charge is 2.10. The van der Waals surface area contributed by atoms with E-state index >= 15 is 0 Å². The topological polar surface area (TPSA) is 63.5 Å². The standard InChI is InChI=1S/C18H25F2N5O.HI/c1-13-5-6-16(26-17(19)20)15(9-13)11-23-18(21-3)22-7-4-8-25-12-14(2)10-24-25;/h5-6,9-10,12,17H,4,7-8,11H2,1-3H3,(H2,21,22,23);1H. The molecule has 2 rings (SSSR count). The number of benzene rings is 1. The number of hydrogen-bond donors (Lipinski definition) is 2. The van der Waals surface area contributed by atoms with Crippen LogP contribution in [0.25, 0.3) is 0 Å². The minimum absolute atomic E-state index is 0. The van der Waals surface area contributed by atoms with Crippen molar-refractivity contribution in [2.24, 2.45) is 4.99 Å². The number of nitrogens with one attached hydrogen (secondary N) is 2. The molecule has 0 unspecified atom stereocenters. The van der Waals surface area contributed by atoms with Crippen LogP contribution < -0.4 is 15.4 Å². The maximum Gasteiger partial charge on any atom is 0.387 e. The van der Waals surface area contributed by atoms with Crippen molar-refractivity contribution in [2.45, 2.75) is 40.0 Å². The van der Waals surface area contributed by atoms with E-state index < -0.39 is 6.61 Å². The Labute approximate surface area is 175 Å². The average molecular weight is 493 g/mol. The Bertz CT molecular complexity index is 736. The molecule has 0 saturated carbocycles. The van der Waals surface area contributed by atoms with E-state index in [0.717, 1.165) is 24.1 Å². The van der Waals surface area contributed by atoms with Gasteiger partial charge in [0.15, 0.2) is 5.96 Å². The highest BCUT2D eigenvalue weighted by molar-refractivity contribution is 14.0. The Morgan fingerprint density at radius 3 is 2.67 bits per heavy atom. The van der Waals surface area contributed by atoms with Gasteiger partial charge in [0.05, 0.1) is 6.20 Å². The van der Waals surface area contributed by atoms with Crippen LogP contribution in [0.15, 0.2) is 35.6 Å². The minimum atomic E-state index is -2.85. The molecule has 0 amide bonds. The molecule has 0 saturated heterocycles. The van der Waals surface area contributed by atoms with Crippen LogP contribution in [0.1, 0.15) is 23.1 Å². The lowest BCUT2D eigenvalue weighted by Gasteiger charge is -2.15. The highest BCUT2D eigenvalue weighted by atomic mass is 127. The smallest absolute Gasteiger partial charge is 0.387 e. The van der Waals surface area contributed by atoms with E-state index in [0.29, 0.717) is 24.6 Å². The molecule has 0 aliphatic carbocycles. The molecule has 0 bridgehead atoms. The van der Waals surface area contributed by atoms with Gasteiger partial charge in [-0.25, -0.2) is 0 Å². The van der Waals surface area contributed by atoms with Crippen molar-refractivity contribution in [1.82, 2.24) is 20.4 Å². The average Bonchev–Trinajstić information content (AvgIpc) is 3.01. The molecule has 1 aromatic heterocycles. The lowest BCUT2D eigenvalue weighted by molar-refractivity contribution is -0.0504. The summed E-state index contributed by atoms with van der Waals surface area (Å²) in [5.74, 6) is 0.772. The van der Waals surface area contributed by atoms with Crippen LogP contribution in [0.3, 0.4) is 0 Å². The molecule has 0 radical (unpaired) electrons. The fraction of sp³-hybridized carbons (Fsp3) is 0.444. The number of halogens is 3. The van der Waals surface area contributed by atoms with Crippen molar-refractivity contribution in [3.63, 3.8) is 0 Å². The molecular formula is C18H26F2IN5O. The predicted molar refractivity (Wildman–Crippen MR) is 113 cm³/mol. The molecule has 6 nitrogen and oxygen atoms in total. The molecule has 1 aromatic carbocycles. The summed E-state index contributed by atoms with van der Waals surface area (Å²) in [4.78, 5) is 4.15. The third kappa shape index (κ3) is 8.10. The molecule has 0 spiro atoms. The first kappa shape index (κ1) is 23.1. The molecule has 27 heavy (non-hydrogen) atoms. The molecular weight excluding hydrogens is 467 g/mol. The number of alkyl halides is 2. The SMILES string of the molecule is CN=C(NCCCn1cc(C)cn1)NCc1cc(C)ccc1OC(F)F.I. The number of aliphatic imine (C=N–C) groups is 1. The van der Waals surface area contributed by atoms with E-state index in [9.17, 15) is 8.78 Å². The maximum atomic E-state index is 12.5. The summed E-state index contributed by atoms with van der Waals surface area (Å²) in [6.07, 6.45) is 4.70. The van der Waals surface area contributed by atoms with Crippen molar-refractivity contribution < 1.29 is 13.5 Å². The van der Waals surface area contributed by atoms with Gasteiger partial charge < -0.3 is 15.4 Å². The molecule has 2 N–H and O–H groups in total. The second kappa shape index (κ2) is 11.7. The summed E-state index contributed by atoms with van der Waals surface area (Å²) in [5.41, 5.74) is 2.76. The van der Waals surface area contributed by atoms with Gasteiger partial charge in [-0.1, -0.05) is 17.7 Å². The Balaban J connectivity index is 0.00000364. The monoisotopic (exact) mass is 493 g/mol. The van der Waals surface area contributed by atoms with Crippen LogP contribution in [0.5, 0.6) is 5.75 Å². The summed E-state index contributed by atoms with van der Waals surface area (Å²) in [6.45, 7) is 2.92. The molecule has 0 aliphatic heterocycles. The number of guanidine groups is 1. The number of aromatic nitrogens is 2. The Kier molecular flexibility index (Phi) is 10.0. The number of nitrogens with zero attached hydrogens (tertiary/aromatic N) is 3. The first-order valence-corrected chi connectivity index (χ1v) is 8.46. The Morgan fingerprint density at radius 1 is 1.26 bits per heavy atom. The van der Waals surface area contributed by atoms with Crippen LogP contribution in [-0.4, -0.2) is 35.9 Å². The molecule has 9 heteroatoms. The van der Waals surface area contributed by atoms with Crippen LogP contribution in [0.2, 0.25) is 0 Å². The first-order valence-electron chi connectivity index (χ1n) is 8.46. The van der Waals surface area contributed by atoms with Crippen molar-refractivity contribution in [1.29, 1.82) is 0 Å². The summed E-state index contributed by atoms with van der Waals surface area (Å²) in [7, 11) is 1.67. The number of ether oxygens (including phenoxy) is 1. The van der Waals surface area contributed by atoms with E-state index in [-0.39, 0.29) is 29.7 Å². The van der Waals surface area contributed by atoms with Crippen LogP contribution in [0, 0.1) is 13.8 Å². The zero-order valence-corrected chi connectivity index (χ0v) is 18.0. The van der Waals surface area contributed by atoms with Gasteiger partial charge in [0.25, 0.3) is 0 Å². The van der Waals surface area contributed by atoms with E-state index in [1.165, 1.54) is 0 Å². The van der Waals surface area contributed by atoms with Gasteiger partial charge >= 0.3 is 6.61 Å². The lowest BCUT2D eigenvalue weighted by atomic mass is 10.1. The number of hydrogen-bond acceptors (Lipinski definition) is 3. The Morgan fingerprint density at radius 2 is 2.04 bits per heavy atom. The van der Waals surface area contributed by atoms with Gasteiger partial charge in [-0.3, -0.25) is 9.67 Å². The predicted octanol–water partition coefficient (Wildman–Crippen LogP) is 3.47. The molecule has 0 aliphatic rings. The van der Waals surface area contributed by atoms with Gasteiger partial charge in [0, 0.05) is 38.4 Å². The third-order valence-corrected chi connectivity index (χ3v) is 3.72. The molecule has 0 fully saturated rings. The largest absolute Gasteiger partial charge is 0.434 e. The first-order chi connectivity index (χ1) is 12.5. The minimum Gasteiger partial charge on any atom is -0.434 e. The van der Waals surface area contributed by atoms with Gasteiger partial charge in [0.1, 0.15) is 5.75 Å². The van der Waals surface area contributed by atoms with E-state index in [4.69, 9.17) is 0 Å². The molecule has 150 valence electrons. The van der Waals surface area contributed by atoms with Gasteiger partial charge in [-0.2, -0.15) is 13.9 Å². The van der Waals surface area contributed by atoms with Crippen LogP contribution in [0.4, 0.5) is 8.78 Å². The third-order valence-electron chi connectivity index (χ3n) is 3.72. The highest BCUT2D eigenvalue weighted by Crippen LogP contribution is 2.21. The zero-order chi connectivity index (χ0) is 18.9. The fourth-order valence-electron chi connectivity index (χ4n) is 2.49. The van der Waals surface area contributed by atoms with Crippen molar-refractivity contribution >= 4 is 29.9 Å². The summed E-state index contributed by atoms with van der Waals surface area (Å²) >= 11 is 0. The quantitative estimate of drug-likeness (QED) is 0.256. The summed E-state index contributed by atoms with van der Waals surface area (Å²) in [5, 5.41) is 10.6. The van der Waals surface area contributed by atoms with Gasteiger partial charge in [-0.05, 0) is 31.9 Å². The summed E-state index contributed by atoms with van der Waals surface area (Å²) < 4.78 is 31.5. The number of aryl methyl sites for hydroxylation is 3.